The predicted octanol–water partition coefficient (Wildman–Crippen LogP) is 5.61. The van der Waals surface area contributed by atoms with Crippen molar-refractivity contribution < 1.29 is 17.6 Å². The molecule has 0 fully saturated rings. The molecule has 0 aliphatic carbocycles. The largest absolute Gasteiger partial charge is 0.399 e. The monoisotopic (exact) mass is 357 g/mol. The van der Waals surface area contributed by atoms with Crippen LogP contribution in [0.4, 0.5) is 17.6 Å². The fourth-order valence-corrected chi connectivity index (χ4v) is 2.44. The third kappa shape index (κ3) is 4.36. The third-order valence-electron chi connectivity index (χ3n) is 3.69. The Morgan fingerprint density at radius 2 is 1.88 bits per heavy atom. The van der Waals surface area contributed by atoms with Gasteiger partial charge in [-0.05, 0) is 35.7 Å². The van der Waals surface area contributed by atoms with Crippen molar-refractivity contribution in [2.75, 3.05) is 0 Å². The number of allylic oxidation sites excluding steroid dienone is 1. The second-order valence-electron chi connectivity index (χ2n) is 5.44. The molecule has 0 heterocycles. The number of alkyl halides is 3. The molecule has 0 aliphatic heterocycles. The summed E-state index contributed by atoms with van der Waals surface area (Å²) >= 11 is 5.93. The van der Waals surface area contributed by atoms with E-state index in [9.17, 15) is 17.6 Å². The predicted molar refractivity (Wildman–Crippen MR) is 88.3 cm³/mol. The lowest BCUT2D eigenvalue weighted by molar-refractivity contribution is -0.139. The van der Waals surface area contributed by atoms with E-state index in [1.165, 1.54) is 30.3 Å². The van der Waals surface area contributed by atoms with Crippen molar-refractivity contribution in [2.24, 2.45) is 5.73 Å². The summed E-state index contributed by atoms with van der Waals surface area (Å²) in [5.74, 6) is -2.37. The summed E-state index contributed by atoms with van der Waals surface area (Å²) in [5, 5.41) is 0.272. The normalized spacial score (nSPS) is 13.5. The van der Waals surface area contributed by atoms with Crippen molar-refractivity contribution in [3.05, 3.63) is 75.6 Å². The molecule has 6 heteroatoms. The first-order valence-corrected chi connectivity index (χ1v) is 7.59. The van der Waals surface area contributed by atoms with Crippen molar-refractivity contribution in [1.82, 2.24) is 0 Å². The van der Waals surface area contributed by atoms with Gasteiger partial charge in [0.05, 0.1) is 5.92 Å². The van der Waals surface area contributed by atoms with Crippen LogP contribution in [0.5, 0.6) is 0 Å². The number of rotatable bonds is 4. The van der Waals surface area contributed by atoms with Crippen molar-refractivity contribution >= 4 is 17.7 Å². The number of hydrogen-bond donors (Lipinski definition) is 1. The molecule has 24 heavy (non-hydrogen) atoms. The van der Waals surface area contributed by atoms with E-state index in [0.717, 1.165) is 12.1 Å². The Balaban J connectivity index is 2.36. The van der Waals surface area contributed by atoms with Crippen molar-refractivity contribution in [2.45, 2.75) is 25.6 Å². The molecule has 0 amide bonds. The molecule has 0 aromatic heterocycles. The van der Waals surface area contributed by atoms with Crippen molar-refractivity contribution in [3.8, 4) is 0 Å². The molecule has 2 aromatic carbocycles. The number of nitrogens with two attached hydrogens (primary N) is 1. The second-order valence-corrected chi connectivity index (χ2v) is 5.85. The quantitative estimate of drug-likeness (QED) is 0.707. The van der Waals surface area contributed by atoms with Crippen LogP contribution in [0.2, 0.25) is 5.02 Å². The average molecular weight is 358 g/mol. The maximum absolute atomic E-state index is 13.7. The fraction of sp³-hybridized carbons (Fsp3) is 0.222. The summed E-state index contributed by atoms with van der Waals surface area (Å²) in [6, 6.07) is 8.38. The van der Waals surface area contributed by atoms with Gasteiger partial charge in [0.2, 0.25) is 0 Å². The fourth-order valence-electron chi connectivity index (χ4n) is 2.25. The molecule has 0 spiro atoms. The highest BCUT2D eigenvalue weighted by Crippen LogP contribution is 2.37. The van der Waals surface area contributed by atoms with Gasteiger partial charge in [-0.3, -0.25) is 0 Å². The molecular formula is C18H16ClF4N. The van der Waals surface area contributed by atoms with Crippen LogP contribution in [-0.4, -0.2) is 6.18 Å². The van der Waals surface area contributed by atoms with Gasteiger partial charge in [0.1, 0.15) is 5.82 Å². The highest BCUT2D eigenvalue weighted by atomic mass is 35.5. The van der Waals surface area contributed by atoms with Gasteiger partial charge >= 0.3 is 6.18 Å². The molecule has 0 bridgehead atoms. The molecule has 0 saturated heterocycles. The Morgan fingerprint density at radius 1 is 1.17 bits per heavy atom. The summed E-state index contributed by atoms with van der Waals surface area (Å²) in [7, 11) is 0. The van der Waals surface area contributed by atoms with E-state index in [4.69, 9.17) is 17.3 Å². The van der Waals surface area contributed by atoms with Gasteiger partial charge in [0, 0.05) is 17.1 Å². The molecule has 2 aromatic rings. The van der Waals surface area contributed by atoms with Crippen molar-refractivity contribution in [3.63, 3.8) is 0 Å². The van der Waals surface area contributed by atoms with Crippen molar-refractivity contribution in [1.29, 1.82) is 0 Å². The Bertz CT molecular complexity index is 753. The second kappa shape index (κ2) is 7.36. The molecule has 0 aliphatic rings. The summed E-state index contributed by atoms with van der Waals surface area (Å²) in [6.45, 7) is 1.75. The smallest absolute Gasteiger partial charge is 0.326 e. The van der Waals surface area contributed by atoms with Crippen LogP contribution < -0.4 is 5.73 Å². The Morgan fingerprint density at radius 3 is 2.42 bits per heavy atom. The van der Waals surface area contributed by atoms with Gasteiger partial charge in [-0.25, -0.2) is 4.39 Å². The number of benzene rings is 2. The van der Waals surface area contributed by atoms with E-state index in [0.29, 0.717) is 16.7 Å². The molecule has 2 rings (SSSR count). The molecule has 2 N–H and O–H groups in total. The Kier molecular flexibility index (Phi) is 5.67. The molecule has 1 atom stereocenters. The van der Waals surface area contributed by atoms with E-state index in [2.05, 4.69) is 0 Å². The zero-order valence-electron chi connectivity index (χ0n) is 12.9. The number of halogens is 5. The molecule has 1 unspecified atom stereocenters. The molecule has 0 radical (unpaired) electrons. The van der Waals surface area contributed by atoms with Crippen LogP contribution in [0.15, 0.2) is 42.5 Å². The Hall–Kier alpha value is -1.85. The first kappa shape index (κ1) is 18.5. The molecule has 128 valence electrons. The third-order valence-corrected chi connectivity index (χ3v) is 4.09. The lowest BCUT2D eigenvalue weighted by atomic mass is 9.96. The van der Waals surface area contributed by atoms with Crippen LogP contribution in [-0.2, 0) is 6.54 Å². The summed E-state index contributed by atoms with van der Waals surface area (Å²) in [6.07, 6.45) is -2.24. The van der Waals surface area contributed by atoms with Crippen LogP contribution in [0, 0.1) is 12.7 Å². The highest BCUT2D eigenvalue weighted by Gasteiger charge is 2.39. The molecular weight excluding hydrogens is 342 g/mol. The minimum absolute atomic E-state index is 0.0306. The van der Waals surface area contributed by atoms with Crippen LogP contribution >= 0.6 is 11.6 Å². The van der Waals surface area contributed by atoms with Crippen LogP contribution in [0.25, 0.3) is 6.08 Å². The molecule has 1 nitrogen and oxygen atoms in total. The first-order chi connectivity index (χ1) is 11.2. The van der Waals surface area contributed by atoms with E-state index in [1.807, 2.05) is 0 Å². The van der Waals surface area contributed by atoms with Gasteiger partial charge in [-0.2, -0.15) is 13.2 Å². The summed E-state index contributed by atoms with van der Waals surface area (Å²) in [5.41, 5.74) is 6.74. The Labute approximate surface area is 142 Å². The van der Waals surface area contributed by atoms with Crippen LogP contribution in [0.1, 0.15) is 28.2 Å². The topological polar surface area (TPSA) is 26.0 Å². The van der Waals surface area contributed by atoms with Gasteiger partial charge < -0.3 is 5.73 Å². The SMILES string of the molecule is Cc1ccc(C(/C=C/c2ccc(CN)c(F)c2)C(F)(F)F)cc1Cl. The van der Waals surface area contributed by atoms with Crippen LogP contribution in [0.3, 0.4) is 0 Å². The first-order valence-electron chi connectivity index (χ1n) is 7.22. The van der Waals surface area contributed by atoms with E-state index in [1.54, 1.807) is 13.0 Å². The zero-order chi connectivity index (χ0) is 17.9. The lowest BCUT2D eigenvalue weighted by Gasteiger charge is -2.18. The number of aryl methyl sites for hydroxylation is 1. The minimum Gasteiger partial charge on any atom is -0.326 e. The minimum atomic E-state index is -4.48. The van der Waals surface area contributed by atoms with E-state index in [-0.39, 0.29) is 17.1 Å². The number of hydrogen-bond acceptors (Lipinski definition) is 1. The maximum atomic E-state index is 13.7. The molecule has 0 saturated carbocycles. The average Bonchev–Trinajstić information content (AvgIpc) is 2.50. The van der Waals surface area contributed by atoms with Gasteiger partial charge in [0.15, 0.2) is 0 Å². The zero-order valence-corrected chi connectivity index (χ0v) is 13.6. The van der Waals surface area contributed by atoms with Gasteiger partial charge in [-0.1, -0.05) is 48.0 Å². The maximum Gasteiger partial charge on any atom is 0.399 e. The van der Waals surface area contributed by atoms with E-state index < -0.39 is 17.9 Å². The summed E-state index contributed by atoms with van der Waals surface area (Å²) < 4.78 is 53.7. The highest BCUT2D eigenvalue weighted by molar-refractivity contribution is 6.31. The van der Waals surface area contributed by atoms with Gasteiger partial charge in [-0.15, -0.1) is 0 Å². The van der Waals surface area contributed by atoms with Gasteiger partial charge in [0.25, 0.3) is 0 Å². The summed E-state index contributed by atoms with van der Waals surface area (Å²) in [4.78, 5) is 0. The lowest BCUT2D eigenvalue weighted by Crippen LogP contribution is -2.18. The van der Waals surface area contributed by atoms with E-state index >= 15 is 0 Å². The standard InChI is InChI=1S/C18H16ClF4N/c1-11-2-5-13(9-16(11)19)15(18(21,22)23)7-4-12-3-6-14(10-24)17(20)8-12/h2-9,15H,10,24H2,1H3/b7-4+.